The van der Waals surface area contributed by atoms with Gasteiger partial charge in [0.1, 0.15) is 18.1 Å². The van der Waals surface area contributed by atoms with Crippen LogP contribution in [-0.2, 0) is 25.6 Å². The number of hydrogen-bond acceptors (Lipinski definition) is 7. The van der Waals surface area contributed by atoms with Gasteiger partial charge in [-0.1, -0.05) is 50.6 Å². The number of aliphatic hydroxyl groups excluding tert-OH is 1. The van der Waals surface area contributed by atoms with Gasteiger partial charge in [-0.2, -0.15) is 0 Å². The lowest BCUT2D eigenvalue weighted by atomic mass is 9.98. The molecule has 0 aliphatic rings. The highest BCUT2D eigenvalue weighted by Gasteiger charge is 2.30. The molecular weight excluding hydrogens is 454 g/mol. The van der Waals surface area contributed by atoms with Crippen molar-refractivity contribution in [3.63, 3.8) is 0 Å². The van der Waals surface area contributed by atoms with E-state index < -0.39 is 54.5 Å². The van der Waals surface area contributed by atoms with Gasteiger partial charge in [0.15, 0.2) is 0 Å². The van der Waals surface area contributed by atoms with E-state index in [2.05, 4.69) is 16.0 Å². The van der Waals surface area contributed by atoms with Gasteiger partial charge < -0.3 is 37.6 Å². The third-order valence-electron chi connectivity index (χ3n) is 5.85. The van der Waals surface area contributed by atoms with Crippen LogP contribution in [0.3, 0.4) is 0 Å². The summed E-state index contributed by atoms with van der Waals surface area (Å²) in [5, 5.41) is 26.6. The van der Waals surface area contributed by atoms with Crippen molar-refractivity contribution in [1.82, 2.24) is 16.0 Å². The van der Waals surface area contributed by atoms with Crippen molar-refractivity contribution in [2.75, 3.05) is 13.2 Å². The second-order valence-electron chi connectivity index (χ2n) is 8.59. The standard InChI is InChI=1S/C24H39N5O6/c1-3-15(2)20(26)23(33)27-17(11-7-8-12-25)21(31)29-19(14-30)22(32)28-18(24(34)35)13-16-9-5-4-6-10-16/h4-6,9-10,15,17-20,30H,3,7-8,11-14,25-26H2,1-2H3,(H,27,33)(H,28,32)(H,29,31)(H,34,35). The van der Waals surface area contributed by atoms with Crippen molar-refractivity contribution in [3.05, 3.63) is 35.9 Å². The number of rotatable bonds is 16. The van der Waals surface area contributed by atoms with Crippen LogP contribution < -0.4 is 27.4 Å². The highest BCUT2D eigenvalue weighted by atomic mass is 16.4. The quantitative estimate of drug-likeness (QED) is 0.146. The van der Waals surface area contributed by atoms with Gasteiger partial charge >= 0.3 is 5.97 Å². The monoisotopic (exact) mass is 493 g/mol. The Morgan fingerprint density at radius 1 is 0.914 bits per heavy atom. The lowest BCUT2D eigenvalue weighted by molar-refractivity contribution is -0.142. The van der Waals surface area contributed by atoms with Gasteiger partial charge in [0.05, 0.1) is 12.6 Å². The summed E-state index contributed by atoms with van der Waals surface area (Å²) in [7, 11) is 0. The molecule has 0 heterocycles. The Hall–Kier alpha value is -3.02. The van der Waals surface area contributed by atoms with E-state index in [0.717, 1.165) is 0 Å². The molecule has 5 unspecified atom stereocenters. The zero-order valence-electron chi connectivity index (χ0n) is 20.4. The number of hydrogen-bond donors (Lipinski definition) is 7. The lowest BCUT2D eigenvalue weighted by Gasteiger charge is -2.25. The fraction of sp³-hybridized carbons (Fsp3) is 0.583. The lowest BCUT2D eigenvalue weighted by Crippen LogP contribution is -2.58. The predicted molar refractivity (Wildman–Crippen MR) is 131 cm³/mol. The number of carboxylic acid groups (broad SMARTS) is 1. The minimum Gasteiger partial charge on any atom is -0.480 e. The molecule has 11 heteroatoms. The number of aliphatic hydroxyl groups is 1. The second-order valence-corrected chi connectivity index (χ2v) is 8.59. The largest absolute Gasteiger partial charge is 0.480 e. The molecule has 1 rings (SSSR count). The highest BCUT2D eigenvalue weighted by Crippen LogP contribution is 2.08. The summed E-state index contributed by atoms with van der Waals surface area (Å²) in [4.78, 5) is 49.8. The summed E-state index contributed by atoms with van der Waals surface area (Å²) >= 11 is 0. The van der Waals surface area contributed by atoms with E-state index in [1.165, 1.54) is 0 Å². The summed E-state index contributed by atoms with van der Waals surface area (Å²) in [5.41, 5.74) is 12.2. The summed E-state index contributed by atoms with van der Waals surface area (Å²) in [6.45, 7) is 3.38. The molecule has 0 fully saturated rings. The Bertz CT molecular complexity index is 822. The van der Waals surface area contributed by atoms with Gasteiger partial charge in [0.25, 0.3) is 0 Å². The van der Waals surface area contributed by atoms with Crippen LogP contribution in [0.15, 0.2) is 30.3 Å². The number of amides is 3. The first kappa shape index (κ1) is 30.0. The molecule has 0 aliphatic heterocycles. The molecule has 0 spiro atoms. The van der Waals surface area contributed by atoms with Crippen LogP contribution in [0, 0.1) is 5.92 Å². The SMILES string of the molecule is CCC(C)C(N)C(=O)NC(CCCCN)C(=O)NC(CO)C(=O)NC(Cc1ccccc1)C(=O)O. The molecule has 11 nitrogen and oxygen atoms in total. The number of benzene rings is 1. The van der Waals surface area contributed by atoms with Gasteiger partial charge in [-0.05, 0) is 37.3 Å². The van der Waals surface area contributed by atoms with E-state index in [1.807, 2.05) is 13.8 Å². The van der Waals surface area contributed by atoms with Crippen molar-refractivity contribution < 1.29 is 29.4 Å². The van der Waals surface area contributed by atoms with Gasteiger partial charge in [-0.15, -0.1) is 0 Å². The van der Waals surface area contributed by atoms with E-state index >= 15 is 0 Å². The number of carbonyl (C=O) groups excluding carboxylic acids is 3. The minimum absolute atomic E-state index is 0.0271. The van der Waals surface area contributed by atoms with E-state index in [4.69, 9.17) is 11.5 Å². The molecule has 35 heavy (non-hydrogen) atoms. The van der Waals surface area contributed by atoms with Crippen molar-refractivity contribution in [1.29, 1.82) is 0 Å². The molecule has 0 aromatic heterocycles. The molecule has 0 saturated heterocycles. The molecule has 0 aliphatic carbocycles. The van der Waals surface area contributed by atoms with Gasteiger partial charge in [-0.25, -0.2) is 4.79 Å². The fourth-order valence-corrected chi connectivity index (χ4v) is 3.33. The average Bonchev–Trinajstić information content (AvgIpc) is 2.85. The Kier molecular flexibility index (Phi) is 13.5. The molecule has 0 radical (unpaired) electrons. The van der Waals surface area contributed by atoms with Crippen LogP contribution in [0.2, 0.25) is 0 Å². The number of nitrogens with one attached hydrogen (secondary N) is 3. The van der Waals surface area contributed by atoms with Crippen LogP contribution in [0.5, 0.6) is 0 Å². The van der Waals surface area contributed by atoms with Crippen molar-refractivity contribution in [2.45, 2.75) is 70.1 Å². The topological polar surface area (TPSA) is 197 Å². The van der Waals surface area contributed by atoms with E-state index in [1.54, 1.807) is 30.3 Å². The van der Waals surface area contributed by atoms with Crippen LogP contribution >= 0.6 is 0 Å². The molecule has 5 atom stereocenters. The third-order valence-corrected chi connectivity index (χ3v) is 5.85. The minimum atomic E-state index is -1.41. The molecule has 0 bridgehead atoms. The van der Waals surface area contributed by atoms with Gasteiger partial charge in [0, 0.05) is 6.42 Å². The zero-order valence-corrected chi connectivity index (χ0v) is 20.4. The summed E-state index contributed by atoms with van der Waals surface area (Å²) in [6.07, 6.45) is 2.13. The van der Waals surface area contributed by atoms with Crippen LogP contribution in [0.25, 0.3) is 0 Å². The number of carbonyl (C=O) groups is 4. The smallest absolute Gasteiger partial charge is 0.326 e. The summed E-state index contributed by atoms with van der Waals surface area (Å²) in [5.74, 6) is -3.39. The van der Waals surface area contributed by atoms with E-state index in [0.29, 0.717) is 31.4 Å². The predicted octanol–water partition coefficient (Wildman–Crippen LogP) is -0.737. The number of nitrogens with two attached hydrogens (primary N) is 2. The molecule has 3 amide bonds. The number of aliphatic carboxylic acids is 1. The Balaban J connectivity index is 2.88. The van der Waals surface area contributed by atoms with Gasteiger partial charge in [-0.3, -0.25) is 14.4 Å². The normalized spacial score (nSPS) is 15.2. The van der Waals surface area contributed by atoms with E-state index in [9.17, 15) is 29.4 Å². The average molecular weight is 494 g/mol. The maximum atomic E-state index is 12.9. The molecule has 1 aromatic rings. The first-order chi connectivity index (χ1) is 16.6. The van der Waals surface area contributed by atoms with Crippen LogP contribution in [0.1, 0.15) is 45.1 Å². The first-order valence-electron chi connectivity index (χ1n) is 11.9. The van der Waals surface area contributed by atoms with Crippen molar-refractivity contribution >= 4 is 23.7 Å². The fourth-order valence-electron chi connectivity index (χ4n) is 3.33. The van der Waals surface area contributed by atoms with Crippen LogP contribution in [-0.4, -0.2) is 71.2 Å². The third kappa shape index (κ3) is 10.4. The van der Waals surface area contributed by atoms with Crippen LogP contribution in [0.4, 0.5) is 0 Å². The molecule has 196 valence electrons. The second kappa shape index (κ2) is 15.8. The highest BCUT2D eigenvalue weighted by molar-refractivity contribution is 5.94. The van der Waals surface area contributed by atoms with Crippen molar-refractivity contribution in [2.24, 2.45) is 17.4 Å². The Morgan fingerprint density at radius 2 is 1.49 bits per heavy atom. The molecule has 1 aromatic carbocycles. The van der Waals surface area contributed by atoms with Gasteiger partial charge in [0.2, 0.25) is 17.7 Å². The molecule has 0 saturated carbocycles. The Morgan fingerprint density at radius 3 is 2.03 bits per heavy atom. The molecular formula is C24H39N5O6. The van der Waals surface area contributed by atoms with E-state index in [-0.39, 0.29) is 18.8 Å². The maximum absolute atomic E-state index is 12.9. The first-order valence-corrected chi connectivity index (χ1v) is 11.9. The Labute approximate surface area is 206 Å². The zero-order chi connectivity index (χ0) is 26.4. The molecule has 9 N–H and O–H groups in total. The van der Waals surface area contributed by atoms with Crippen molar-refractivity contribution in [3.8, 4) is 0 Å². The number of unbranched alkanes of at least 4 members (excludes halogenated alkanes) is 1. The summed E-state index contributed by atoms with van der Waals surface area (Å²) < 4.78 is 0. The number of carboxylic acids is 1. The maximum Gasteiger partial charge on any atom is 0.326 e. The summed E-state index contributed by atoms with van der Waals surface area (Å²) in [6, 6.07) is 4.27.